The summed E-state index contributed by atoms with van der Waals surface area (Å²) in [7, 11) is 1.31. The van der Waals surface area contributed by atoms with Gasteiger partial charge in [0.1, 0.15) is 10.6 Å². The molecule has 1 heterocycles. The maximum absolute atomic E-state index is 11.3. The smallest absolute Gasteiger partial charge is 0.349 e. The van der Waals surface area contributed by atoms with Gasteiger partial charge < -0.3 is 9.84 Å². The Morgan fingerprint density at radius 1 is 1.53 bits per heavy atom. The number of carbonyl (C=O) groups is 1. The van der Waals surface area contributed by atoms with Gasteiger partial charge in [-0.1, -0.05) is 11.6 Å². The first-order chi connectivity index (χ1) is 7.13. The number of thiophene rings is 1. The van der Waals surface area contributed by atoms with Crippen molar-refractivity contribution in [1.29, 1.82) is 0 Å². The molecule has 0 unspecified atom stereocenters. The second-order valence-electron chi connectivity index (χ2n) is 2.92. The third kappa shape index (κ3) is 1.66. The van der Waals surface area contributed by atoms with Crippen molar-refractivity contribution in [1.82, 2.24) is 0 Å². The molecule has 1 aromatic carbocycles. The Kier molecular flexibility index (Phi) is 2.54. The lowest BCUT2D eigenvalue weighted by molar-refractivity contribution is 0.0606. The summed E-state index contributed by atoms with van der Waals surface area (Å²) >= 11 is 7.25. The summed E-state index contributed by atoms with van der Waals surface area (Å²) in [5.41, 5.74) is 0. The van der Waals surface area contributed by atoms with Crippen LogP contribution in [0.3, 0.4) is 0 Å². The van der Waals surface area contributed by atoms with Crippen molar-refractivity contribution >= 4 is 39.0 Å². The molecule has 0 fully saturated rings. The summed E-state index contributed by atoms with van der Waals surface area (Å²) in [4.78, 5) is 11.7. The molecule has 0 aliphatic rings. The molecule has 0 spiro atoms. The zero-order chi connectivity index (χ0) is 11.0. The van der Waals surface area contributed by atoms with Gasteiger partial charge in [0, 0.05) is 10.1 Å². The number of phenolic OH excluding ortho intramolecular Hbond substituents is 1. The lowest BCUT2D eigenvalue weighted by Crippen LogP contribution is -1.97. The highest BCUT2D eigenvalue weighted by Crippen LogP contribution is 2.37. The number of rotatable bonds is 1. The topological polar surface area (TPSA) is 46.5 Å². The number of phenols is 1. The molecule has 0 saturated carbocycles. The first-order valence-electron chi connectivity index (χ1n) is 4.13. The molecule has 0 bridgehead atoms. The van der Waals surface area contributed by atoms with E-state index in [1.807, 2.05) is 0 Å². The average Bonchev–Trinajstić information content (AvgIpc) is 2.55. The van der Waals surface area contributed by atoms with Crippen LogP contribution >= 0.6 is 22.9 Å². The maximum atomic E-state index is 11.3. The Morgan fingerprint density at radius 2 is 2.27 bits per heavy atom. The zero-order valence-corrected chi connectivity index (χ0v) is 9.35. The molecular weight excluding hydrogens is 236 g/mol. The zero-order valence-electron chi connectivity index (χ0n) is 7.78. The molecule has 0 saturated heterocycles. The second kappa shape index (κ2) is 3.72. The van der Waals surface area contributed by atoms with Crippen LogP contribution in [0.1, 0.15) is 9.67 Å². The predicted octanol–water partition coefficient (Wildman–Crippen LogP) is 3.05. The van der Waals surface area contributed by atoms with Crippen molar-refractivity contribution in [3.8, 4) is 5.75 Å². The Labute approximate surface area is 94.9 Å². The fourth-order valence-corrected chi connectivity index (χ4v) is 2.68. The average molecular weight is 243 g/mol. The van der Waals surface area contributed by atoms with Crippen LogP contribution in [0.4, 0.5) is 0 Å². The van der Waals surface area contributed by atoms with Gasteiger partial charge in [0.25, 0.3) is 0 Å². The number of methoxy groups -OCH3 is 1. The van der Waals surface area contributed by atoms with Crippen molar-refractivity contribution in [2.75, 3.05) is 7.11 Å². The van der Waals surface area contributed by atoms with E-state index in [1.54, 1.807) is 12.1 Å². The molecule has 1 N–H and O–H groups in total. The lowest BCUT2D eigenvalue weighted by atomic mass is 10.2. The minimum atomic E-state index is -0.458. The van der Waals surface area contributed by atoms with Gasteiger partial charge >= 0.3 is 5.97 Å². The summed E-state index contributed by atoms with van der Waals surface area (Å²) in [6.45, 7) is 0. The fraction of sp³-hybridized carbons (Fsp3) is 0.100. The molecule has 5 heteroatoms. The number of benzene rings is 1. The SMILES string of the molecule is COC(=O)c1sc2ccc(O)cc2c1Cl. The molecule has 0 aliphatic carbocycles. The highest BCUT2D eigenvalue weighted by Gasteiger charge is 2.17. The first kappa shape index (κ1) is 10.3. The van der Waals surface area contributed by atoms with Gasteiger partial charge in [0.15, 0.2) is 0 Å². The molecular formula is C10H7ClO3S. The number of hydrogen-bond donors (Lipinski definition) is 1. The summed E-state index contributed by atoms with van der Waals surface area (Å²) in [6, 6.07) is 4.80. The minimum absolute atomic E-state index is 0.124. The van der Waals surface area contributed by atoms with Gasteiger partial charge in [-0.25, -0.2) is 4.79 Å². The summed E-state index contributed by atoms with van der Waals surface area (Å²) < 4.78 is 5.45. The molecule has 2 rings (SSSR count). The van der Waals surface area contributed by atoms with Crippen LogP contribution in [0.5, 0.6) is 5.75 Å². The van der Waals surface area contributed by atoms with E-state index in [9.17, 15) is 9.90 Å². The van der Waals surface area contributed by atoms with Crippen molar-refractivity contribution in [3.05, 3.63) is 28.1 Å². The molecule has 15 heavy (non-hydrogen) atoms. The number of aromatic hydroxyl groups is 1. The van der Waals surface area contributed by atoms with Crippen LogP contribution in [0.15, 0.2) is 18.2 Å². The number of halogens is 1. The standard InChI is InChI=1S/C10H7ClO3S/c1-14-10(13)9-8(11)6-4-5(12)2-3-7(6)15-9/h2-4,12H,1H3. The molecule has 0 atom stereocenters. The van der Waals surface area contributed by atoms with E-state index in [-0.39, 0.29) is 5.75 Å². The van der Waals surface area contributed by atoms with E-state index in [2.05, 4.69) is 4.74 Å². The largest absolute Gasteiger partial charge is 0.508 e. The van der Waals surface area contributed by atoms with E-state index in [1.165, 1.54) is 24.5 Å². The van der Waals surface area contributed by atoms with Gasteiger partial charge in [0.2, 0.25) is 0 Å². The van der Waals surface area contributed by atoms with E-state index < -0.39 is 5.97 Å². The van der Waals surface area contributed by atoms with Gasteiger partial charge in [-0.15, -0.1) is 11.3 Å². The second-order valence-corrected chi connectivity index (χ2v) is 4.35. The van der Waals surface area contributed by atoms with Crippen molar-refractivity contribution in [3.63, 3.8) is 0 Å². The van der Waals surface area contributed by atoms with Gasteiger partial charge in [-0.3, -0.25) is 0 Å². The third-order valence-electron chi connectivity index (χ3n) is 1.98. The Morgan fingerprint density at radius 3 is 2.93 bits per heavy atom. The number of fused-ring (bicyclic) bond motifs is 1. The normalized spacial score (nSPS) is 10.5. The summed E-state index contributed by atoms with van der Waals surface area (Å²) in [5.74, 6) is -0.334. The summed E-state index contributed by atoms with van der Waals surface area (Å²) in [5, 5.41) is 10.3. The molecule has 3 nitrogen and oxygen atoms in total. The number of carbonyl (C=O) groups excluding carboxylic acids is 1. The lowest BCUT2D eigenvalue weighted by Gasteiger charge is -1.94. The quantitative estimate of drug-likeness (QED) is 0.782. The molecule has 2 aromatic rings. The van der Waals surface area contributed by atoms with Gasteiger partial charge in [-0.2, -0.15) is 0 Å². The molecule has 78 valence electrons. The van der Waals surface area contributed by atoms with Crippen LogP contribution < -0.4 is 0 Å². The van der Waals surface area contributed by atoms with Crippen molar-refractivity contribution < 1.29 is 14.6 Å². The number of ether oxygens (including phenoxy) is 1. The van der Waals surface area contributed by atoms with E-state index >= 15 is 0 Å². The maximum Gasteiger partial charge on any atom is 0.349 e. The molecule has 0 aliphatic heterocycles. The highest BCUT2D eigenvalue weighted by atomic mass is 35.5. The molecule has 1 aromatic heterocycles. The Bertz CT molecular complexity index is 533. The van der Waals surface area contributed by atoms with Gasteiger partial charge in [-0.05, 0) is 18.2 Å². The minimum Gasteiger partial charge on any atom is -0.508 e. The Balaban J connectivity index is 2.69. The van der Waals surface area contributed by atoms with Crippen LogP contribution in [-0.4, -0.2) is 18.2 Å². The van der Waals surface area contributed by atoms with E-state index in [0.717, 1.165) is 4.70 Å². The van der Waals surface area contributed by atoms with Gasteiger partial charge in [0.05, 0.1) is 12.1 Å². The summed E-state index contributed by atoms with van der Waals surface area (Å²) in [6.07, 6.45) is 0. The van der Waals surface area contributed by atoms with Crippen molar-refractivity contribution in [2.45, 2.75) is 0 Å². The van der Waals surface area contributed by atoms with Crippen LogP contribution in [0.2, 0.25) is 5.02 Å². The Hall–Kier alpha value is -1.26. The van der Waals surface area contributed by atoms with Crippen LogP contribution in [0.25, 0.3) is 10.1 Å². The number of esters is 1. The fourth-order valence-electron chi connectivity index (χ4n) is 1.28. The van der Waals surface area contributed by atoms with Crippen LogP contribution in [-0.2, 0) is 4.74 Å². The highest BCUT2D eigenvalue weighted by molar-refractivity contribution is 7.21. The molecule has 0 amide bonds. The van der Waals surface area contributed by atoms with Crippen molar-refractivity contribution in [2.24, 2.45) is 0 Å². The third-order valence-corrected chi connectivity index (χ3v) is 3.64. The van der Waals surface area contributed by atoms with E-state index in [4.69, 9.17) is 11.6 Å². The first-order valence-corrected chi connectivity index (χ1v) is 5.32. The molecule has 0 radical (unpaired) electrons. The van der Waals surface area contributed by atoms with Crippen LogP contribution in [0, 0.1) is 0 Å². The van der Waals surface area contributed by atoms with E-state index in [0.29, 0.717) is 15.3 Å². The number of hydrogen-bond acceptors (Lipinski definition) is 4. The monoisotopic (exact) mass is 242 g/mol. The predicted molar refractivity (Wildman–Crippen MR) is 59.8 cm³/mol.